The zero-order valence-electron chi connectivity index (χ0n) is 7.02. The van der Waals surface area contributed by atoms with Crippen molar-refractivity contribution in [2.45, 2.75) is 6.92 Å². The highest BCUT2D eigenvalue weighted by molar-refractivity contribution is 5.97. The molecule has 0 spiro atoms. The van der Waals surface area contributed by atoms with E-state index < -0.39 is 0 Å². The van der Waals surface area contributed by atoms with E-state index in [1.165, 1.54) is 19.5 Å². The van der Waals surface area contributed by atoms with Crippen LogP contribution < -0.4 is 4.73 Å². The molecule has 4 heteroatoms. The van der Waals surface area contributed by atoms with E-state index in [1.54, 1.807) is 19.1 Å². The van der Waals surface area contributed by atoms with Gasteiger partial charge in [0.2, 0.25) is 0 Å². The Bertz CT molecular complexity index is 297. The summed E-state index contributed by atoms with van der Waals surface area (Å²) in [6, 6.07) is 3.46. The van der Waals surface area contributed by atoms with Crippen molar-refractivity contribution in [1.82, 2.24) is 0 Å². The van der Waals surface area contributed by atoms with Gasteiger partial charge in [-0.15, -0.1) is 0 Å². The van der Waals surface area contributed by atoms with Crippen molar-refractivity contribution in [1.29, 1.82) is 0 Å². The molecule has 1 aromatic rings. The molecule has 0 aliphatic carbocycles. The normalized spacial score (nSPS) is 11.3. The quantitative estimate of drug-likeness (QED) is 0.281. The Morgan fingerprint density at radius 3 is 3.00 bits per heavy atom. The number of pyridine rings is 1. The molecule has 0 N–H and O–H groups in total. The minimum Gasteiger partial charge on any atom is -0.619 e. The van der Waals surface area contributed by atoms with E-state index in [1.807, 2.05) is 0 Å². The molecule has 0 aliphatic heterocycles. The molecule has 1 rings (SSSR count). The first-order valence-corrected chi connectivity index (χ1v) is 3.51. The predicted molar refractivity (Wildman–Crippen MR) is 44.6 cm³/mol. The molecule has 64 valence electrons. The van der Waals surface area contributed by atoms with Gasteiger partial charge < -0.3 is 10.0 Å². The molecule has 0 amide bonds. The van der Waals surface area contributed by atoms with Crippen LogP contribution in [-0.4, -0.2) is 12.8 Å². The van der Waals surface area contributed by atoms with Crippen LogP contribution in [0.1, 0.15) is 12.5 Å². The summed E-state index contributed by atoms with van der Waals surface area (Å²) in [6.45, 7) is 1.78. The molecule has 4 nitrogen and oxygen atoms in total. The monoisotopic (exact) mass is 166 g/mol. The molecule has 0 fully saturated rings. The van der Waals surface area contributed by atoms with Gasteiger partial charge in [-0.1, -0.05) is 5.16 Å². The first-order valence-electron chi connectivity index (χ1n) is 3.51. The van der Waals surface area contributed by atoms with Crippen LogP contribution in [0.4, 0.5) is 0 Å². The van der Waals surface area contributed by atoms with Gasteiger partial charge >= 0.3 is 0 Å². The molecule has 0 unspecified atom stereocenters. The summed E-state index contributed by atoms with van der Waals surface area (Å²) < 4.78 is 0.726. The number of rotatable bonds is 2. The van der Waals surface area contributed by atoms with Gasteiger partial charge in [-0.05, 0) is 13.0 Å². The van der Waals surface area contributed by atoms with Crippen LogP contribution in [0, 0.1) is 5.21 Å². The summed E-state index contributed by atoms with van der Waals surface area (Å²) in [5.74, 6) is 0. The number of aromatic nitrogens is 1. The molecule has 0 saturated carbocycles. The van der Waals surface area contributed by atoms with E-state index >= 15 is 0 Å². The van der Waals surface area contributed by atoms with Crippen LogP contribution >= 0.6 is 0 Å². The van der Waals surface area contributed by atoms with Gasteiger partial charge in [-0.3, -0.25) is 0 Å². The molecule has 0 atom stereocenters. The molecule has 0 aromatic carbocycles. The Labute approximate surface area is 70.7 Å². The number of hydrogen-bond donors (Lipinski definition) is 0. The van der Waals surface area contributed by atoms with Crippen molar-refractivity contribution < 1.29 is 9.57 Å². The maximum atomic E-state index is 10.8. The van der Waals surface area contributed by atoms with Gasteiger partial charge in [-0.25, -0.2) is 0 Å². The van der Waals surface area contributed by atoms with Crippen LogP contribution in [0.5, 0.6) is 0 Å². The van der Waals surface area contributed by atoms with Crippen LogP contribution in [0.2, 0.25) is 0 Å². The van der Waals surface area contributed by atoms with E-state index in [4.69, 9.17) is 0 Å². The largest absolute Gasteiger partial charge is 0.619 e. The van der Waals surface area contributed by atoms with E-state index in [0.29, 0.717) is 5.71 Å². The van der Waals surface area contributed by atoms with Gasteiger partial charge in [-0.2, -0.15) is 4.73 Å². The first-order chi connectivity index (χ1) is 5.74. The summed E-state index contributed by atoms with van der Waals surface area (Å²) in [4.78, 5) is 4.57. The molecule has 0 aliphatic rings. The summed E-state index contributed by atoms with van der Waals surface area (Å²) in [6.07, 6.45) is 2.86. The lowest BCUT2D eigenvalue weighted by molar-refractivity contribution is -0.605. The third-order valence-electron chi connectivity index (χ3n) is 1.42. The lowest BCUT2D eigenvalue weighted by Crippen LogP contribution is -2.25. The average molecular weight is 166 g/mol. The molecular weight excluding hydrogens is 156 g/mol. The van der Waals surface area contributed by atoms with Crippen molar-refractivity contribution in [2.75, 3.05) is 7.11 Å². The number of hydrogen-bond acceptors (Lipinski definition) is 3. The van der Waals surface area contributed by atoms with Crippen molar-refractivity contribution in [3.63, 3.8) is 0 Å². The van der Waals surface area contributed by atoms with E-state index in [2.05, 4.69) is 9.99 Å². The summed E-state index contributed by atoms with van der Waals surface area (Å²) in [5, 5.41) is 14.5. The highest BCUT2D eigenvalue weighted by atomic mass is 16.6. The van der Waals surface area contributed by atoms with Gasteiger partial charge in [0.05, 0.1) is 11.3 Å². The molecule has 1 heterocycles. The van der Waals surface area contributed by atoms with E-state index in [9.17, 15) is 5.21 Å². The lowest BCUT2D eigenvalue weighted by Gasteiger charge is -1.99. The van der Waals surface area contributed by atoms with Gasteiger partial charge in [0, 0.05) is 6.07 Å². The molecule has 0 radical (unpaired) electrons. The Kier molecular flexibility index (Phi) is 2.63. The van der Waals surface area contributed by atoms with Gasteiger partial charge in [0.15, 0.2) is 12.4 Å². The van der Waals surface area contributed by atoms with Crippen molar-refractivity contribution in [3.05, 3.63) is 35.3 Å². The molecule has 0 saturated heterocycles. The second kappa shape index (κ2) is 3.71. The highest BCUT2D eigenvalue weighted by Crippen LogP contribution is 1.96. The van der Waals surface area contributed by atoms with Crippen molar-refractivity contribution >= 4 is 5.71 Å². The topological polar surface area (TPSA) is 48.5 Å². The second-order valence-corrected chi connectivity index (χ2v) is 2.31. The zero-order chi connectivity index (χ0) is 8.97. The van der Waals surface area contributed by atoms with Gasteiger partial charge in [0.25, 0.3) is 0 Å². The highest BCUT2D eigenvalue weighted by Gasteiger charge is 2.00. The average Bonchev–Trinajstić information content (AvgIpc) is 2.05. The SMILES string of the molecule is CO/N=C(\C)c1ccc[n+]([O-])c1. The van der Waals surface area contributed by atoms with Crippen LogP contribution in [0.3, 0.4) is 0 Å². The van der Waals surface area contributed by atoms with E-state index in [0.717, 1.165) is 10.3 Å². The predicted octanol–water partition coefficient (Wildman–Crippen LogP) is 0.690. The third-order valence-corrected chi connectivity index (χ3v) is 1.42. The molecular formula is C8H10N2O2. The smallest absolute Gasteiger partial charge is 0.189 e. The van der Waals surface area contributed by atoms with Gasteiger partial charge in [0.1, 0.15) is 7.11 Å². The van der Waals surface area contributed by atoms with E-state index in [-0.39, 0.29) is 0 Å². The fourth-order valence-electron chi connectivity index (χ4n) is 0.858. The fraction of sp³-hybridized carbons (Fsp3) is 0.250. The summed E-state index contributed by atoms with van der Waals surface area (Å²) >= 11 is 0. The van der Waals surface area contributed by atoms with Crippen molar-refractivity contribution in [2.24, 2.45) is 5.16 Å². The molecule has 12 heavy (non-hydrogen) atoms. The zero-order valence-corrected chi connectivity index (χ0v) is 7.02. The van der Waals surface area contributed by atoms with Crippen LogP contribution in [0.15, 0.2) is 29.7 Å². The third kappa shape index (κ3) is 1.95. The Balaban J connectivity index is 2.95. The summed E-state index contributed by atoms with van der Waals surface area (Å²) in [7, 11) is 1.47. The van der Waals surface area contributed by atoms with Crippen molar-refractivity contribution in [3.8, 4) is 0 Å². The lowest BCUT2D eigenvalue weighted by atomic mass is 10.2. The standard InChI is InChI=1S/C8H10N2O2/c1-7(9-12-2)8-4-3-5-10(11)6-8/h3-6H,1-2H3/b9-7+. The minimum atomic E-state index is 0.683. The maximum absolute atomic E-state index is 10.8. The number of nitrogens with zero attached hydrogens (tertiary/aromatic N) is 2. The Hall–Kier alpha value is -1.58. The Morgan fingerprint density at radius 2 is 2.42 bits per heavy atom. The Morgan fingerprint density at radius 1 is 1.67 bits per heavy atom. The minimum absolute atomic E-state index is 0.683. The number of oxime groups is 1. The first kappa shape index (κ1) is 8.52. The van der Waals surface area contributed by atoms with Crippen LogP contribution in [0.25, 0.3) is 0 Å². The second-order valence-electron chi connectivity index (χ2n) is 2.31. The fourth-order valence-corrected chi connectivity index (χ4v) is 0.858. The van der Waals surface area contributed by atoms with Crippen LogP contribution in [-0.2, 0) is 4.84 Å². The summed E-state index contributed by atoms with van der Waals surface area (Å²) in [5.41, 5.74) is 1.44. The maximum Gasteiger partial charge on any atom is 0.189 e. The molecule has 0 bridgehead atoms. The molecule has 1 aromatic heterocycles.